The second-order valence-corrected chi connectivity index (χ2v) is 13.6. The molecular weight excluding hydrogens is 654 g/mol. The predicted molar refractivity (Wildman–Crippen MR) is 142 cm³/mol. The Morgan fingerprint density at radius 1 is 0.912 bits per heavy atom. The second-order valence-electron chi connectivity index (χ2n) is 7.39. The van der Waals surface area contributed by atoms with E-state index in [2.05, 4.69) is 41.8 Å². The maximum atomic E-state index is 12.7. The first-order valence-electron chi connectivity index (χ1n) is 9.70. The van der Waals surface area contributed by atoms with Crippen LogP contribution in [-0.2, 0) is 19.1 Å². The van der Waals surface area contributed by atoms with Crippen molar-refractivity contribution in [2.45, 2.75) is 35.9 Å². The van der Waals surface area contributed by atoms with Gasteiger partial charge in [-0.1, -0.05) is 0 Å². The first-order valence-corrected chi connectivity index (χ1v) is 15.0. The Balaban J connectivity index is 0.000000193. The molecule has 1 aliphatic rings. The lowest BCUT2D eigenvalue weighted by molar-refractivity contribution is 0.406. The highest BCUT2D eigenvalue weighted by Crippen LogP contribution is 2.27. The minimum atomic E-state index is -3.75. The summed E-state index contributed by atoms with van der Waals surface area (Å²) in [6.45, 7) is 2.54. The molecule has 5 heterocycles. The number of rotatable bonds is 3. The van der Waals surface area contributed by atoms with Gasteiger partial charge in [0.1, 0.15) is 11.3 Å². The van der Waals surface area contributed by atoms with Gasteiger partial charge in [-0.2, -0.15) is 17.8 Å². The van der Waals surface area contributed by atoms with Crippen LogP contribution in [0.25, 0.3) is 11.3 Å². The van der Waals surface area contributed by atoms with E-state index >= 15 is 0 Å². The van der Waals surface area contributed by atoms with Crippen LogP contribution >= 0.6 is 56.0 Å². The van der Waals surface area contributed by atoms with Crippen LogP contribution in [0.15, 0.2) is 68.1 Å². The van der Waals surface area contributed by atoms with Gasteiger partial charge in [-0.3, -0.25) is 8.80 Å². The molecule has 5 rings (SSSR count). The normalized spacial score (nSPS) is 16.9. The Morgan fingerprint density at radius 3 is 1.88 bits per heavy atom. The third-order valence-corrected chi connectivity index (χ3v) is 9.39. The number of sulfonamides is 1. The summed E-state index contributed by atoms with van der Waals surface area (Å²) in [4.78, 5) is 8.06. The van der Waals surface area contributed by atoms with Gasteiger partial charge < -0.3 is 0 Å². The van der Waals surface area contributed by atoms with Crippen LogP contribution in [0.3, 0.4) is 0 Å². The molecule has 4 aromatic heterocycles. The highest BCUT2D eigenvalue weighted by atomic mass is 79.9. The van der Waals surface area contributed by atoms with E-state index in [1.165, 1.54) is 16.8 Å². The maximum Gasteiger partial charge on any atom is 0.278 e. The molecule has 0 amide bonds. The van der Waals surface area contributed by atoms with Crippen LogP contribution in [0.4, 0.5) is 0 Å². The number of fused-ring (bicyclic) bond motifs is 2. The second kappa shape index (κ2) is 10.4. The van der Waals surface area contributed by atoms with Crippen molar-refractivity contribution in [2.75, 3.05) is 6.54 Å². The molecule has 0 saturated carbocycles. The number of hydrogen-bond donors (Lipinski definition) is 0. The molecule has 1 atom stereocenters. The summed E-state index contributed by atoms with van der Waals surface area (Å²) in [7, 11) is -2.00. The van der Waals surface area contributed by atoms with E-state index < -0.39 is 19.1 Å². The molecule has 15 heteroatoms. The zero-order valence-electron chi connectivity index (χ0n) is 17.6. The van der Waals surface area contributed by atoms with E-state index in [4.69, 9.17) is 10.7 Å². The van der Waals surface area contributed by atoms with Crippen molar-refractivity contribution in [3.05, 3.63) is 58.0 Å². The van der Waals surface area contributed by atoms with Crippen molar-refractivity contribution >= 4 is 86.4 Å². The fourth-order valence-electron chi connectivity index (χ4n) is 3.62. The third-order valence-electron chi connectivity index (χ3n) is 5.19. The molecule has 1 saturated heterocycles. The average molecular weight is 674 g/mol. The number of hydrogen-bond acceptors (Lipinski definition) is 6. The molecular formula is C19H20Br2ClN5O4S3. The van der Waals surface area contributed by atoms with E-state index in [0.717, 1.165) is 21.8 Å². The molecule has 0 bridgehead atoms. The van der Waals surface area contributed by atoms with Crippen LogP contribution in [0.2, 0.25) is 0 Å². The summed E-state index contributed by atoms with van der Waals surface area (Å²) in [5.41, 5.74) is 1.17. The predicted octanol–water partition coefficient (Wildman–Crippen LogP) is 4.41. The van der Waals surface area contributed by atoms with Gasteiger partial charge in [0.15, 0.2) is 10.1 Å². The topological polar surface area (TPSA) is 106 Å². The molecule has 0 radical (unpaired) electrons. The highest BCUT2D eigenvalue weighted by Gasteiger charge is 2.34. The average Bonchev–Trinajstić information content (AvgIpc) is 3.45. The molecule has 0 spiro atoms. The van der Waals surface area contributed by atoms with Gasteiger partial charge in [0.2, 0.25) is 0 Å². The molecule has 1 fully saturated rings. The quantitative estimate of drug-likeness (QED) is 0.299. The first-order chi connectivity index (χ1) is 15.5. The van der Waals surface area contributed by atoms with Crippen molar-refractivity contribution in [1.29, 1.82) is 0 Å². The Bertz CT molecular complexity index is 1560. The number of halogens is 3. The SMILES string of the molecule is C[C@H]1CCCN1S(=O)(=O)c1cnc2ccc(Br)cn12.O=S(=O)(Cl)c1cnc2ccc(Br)cn12.S. The Morgan fingerprint density at radius 2 is 1.41 bits per heavy atom. The largest absolute Gasteiger partial charge is 0.288 e. The van der Waals surface area contributed by atoms with E-state index in [1.807, 2.05) is 13.0 Å². The van der Waals surface area contributed by atoms with E-state index in [1.54, 1.807) is 39.3 Å². The summed E-state index contributed by atoms with van der Waals surface area (Å²) in [6, 6.07) is 7.15. The lowest BCUT2D eigenvalue weighted by Crippen LogP contribution is -2.34. The Hall–Kier alpha value is -1.16. The molecule has 184 valence electrons. The molecule has 0 aromatic carbocycles. The van der Waals surface area contributed by atoms with Crippen molar-refractivity contribution < 1.29 is 16.8 Å². The fourth-order valence-corrected chi connectivity index (χ4v) is 6.97. The van der Waals surface area contributed by atoms with Crippen molar-refractivity contribution in [2.24, 2.45) is 0 Å². The number of nitrogens with zero attached hydrogens (tertiary/aromatic N) is 5. The molecule has 0 N–H and O–H groups in total. The zero-order valence-corrected chi connectivity index (χ0v) is 24.2. The van der Waals surface area contributed by atoms with Gasteiger partial charge in [-0.25, -0.2) is 26.8 Å². The molecule has 4 aromatic rings. The maximum absolute atomic E-state index is 12.7. The van der Waals surface area contributed by atoms with Crippen molar-refractivity contribution in [1.82, 2.24) is 23.1 Å². The van der Waals surface area contributed by atoms with Crippen LogP contribution in [0, 0.1) is 0 Å². The number of aromatic nitrogens is 4. The highest BCUT2D eigenvalue weighted by molar-refractivity contribution is 9.10. The van der Waals surface area contributed by atoms with Crippen LogP contribution in [-0.4, -0.2) is 52.5 Å². The molecule has 1 aliphatic heterocycles. The number of imidazole rings is 2. The van der Waals surface area contributed by atoms with Gasteiger partial charge in [-0.05, 0) is 75.9 Å². The summed E-state index contributed by atoms with van der Waals surface area (Å²) in [5.74, 6) is 0. The summed E-state index contributed by atoms with van der Waals surface area (Å²) >= 11 is 6.59. The lowest BCUT2D eigenvalue weighted by atomic mass is 10.3. The van der Waals surface area contributed by atoms with Gasteiger partial charge in [0.25, 0.3) is 19.1 Å². The van der Waals surface area contributed by atoms with Crippen molar-refractivity contribution in [3.63, 3.8) is 0 Å². The molecule has 9 nitrogen and oxygen atoms in total. The summed E-state index contributed by atoms with van der Waals surface area (Å²) < 4.78 is 53.7. The summed E-state index contributed by atoms with van der Waals surface area (Å²) in [6.07, 6.45) is 7.82. The number of pyridine rings is 2. The van der Waals surface area contributed by atoms with Crippen molar-refractivity contribution in [3.8, 4) is 0 Å². The smallest absolute Gasteiger partial charge is 0.278 e. The summed E-state index contributed by atoms with van der Waals surface area (Å²) in [5, 5.41) is 0.202. The third kappa shape index (κ3) is 5.47. The standard InChI is InChI=1S/C12H14BrN3O2S.C7H4BrClN2O2S.H2S/c1-9-3-2-6-16(9)19(17,18)12-7-14-11-5-4-10(13)8-15(11)12;8-5-1-2-6-10-3-7(11(6)4-5)14(9,12)13;/h4-5,7-9H,2-3,6H2,1H3;1-4H;1H2/t9-;;/m0../s1. The molecule has 0 unspecified atom stereocenters. The Labute approximate surface area is 225 Å². The van der Waals surface area contributed by atoms with Crippen LogP contribution < -0.4 is 0 Å². The molecule has 34 heavy (non-hydrogen) atoms. The van der Waals surface area contributed by atoms with Gasteiger partial charge >= 0.3 is 0 Å². The van der Waals surface area contributed by atoms with E-state index in [-0.39, 0.29) is 29.6 Å². The monoisotopic (exact) mass is 671 g/mol. The van der Waals surface area contributed by atoms with Gasteiger partial charge in [0.05, 0.1) is 12.4 Å². The minimum absolute atomic E-state index is 0. The van der Waals surface area contributed by atoms with Crippen LogP contribution in [0.5, 0.6) is 0 Å². The van der Waals surface area contributed by atoms with E-state index in [0.29, 0.717) is 17.8 Å². The molecule has 0 aliphatic carbocycles. The zero-order chi connectivity index (χ0) is 24.0. The van der Waals surface area contributed by atoms with Gasteiger partial charge in [0, 0.05) is 44.6 Å². The van der Waals surface area contributed by atoms with E-state index in [9.17, 15) is 16.8 Å². The lowest BCUT2D eigenvalue weighted by Gasteiger charge is -2.20. The Kier molecular flexibility index (Phi) is 8.43. The fraction of sp³-hybridized carbons (Fsp3) is 0.263. The van der Waals surface area contributed by atoms with Crippen LogP contribution in [0.1, 0.15) is 19.8 Å². The minimum Gasteiger partial charge on any atom is -0.288 e. The van der Waals surface area contributed by atoms with Gasteiger partial charge in [-0.15, -0.1) is 0 Å². The first kappa shape index (κ1) is 27.4.